The van der Waals surface area contributed by atoms with E-state index in [9.17, 15) is 14.4 Å². The van der Waals surface area contributed by atoms with Crippen LogP contribution in [0.25, 0.3) is 11.0 Å². The zero-order chi connectivity index (χ0) is 14.7. The average Bonchev–Trinajstić information content (AvgIpc) is 2.42. The van der Waals surface area contributed by atoms with Crippen molar-refractivity contribution >= 4 is 22.6 Å². The lowest BCUT2D eigenvalue weighted by atomic mass is 10.2. The van der Waals surface area contributed by atoms with Gasteiger partial charge in [-0.25, -0.2) is 0 Å². The standard InChI is InChI=1S/C12H14N4O4/c1-20-9(5-13)10(17)14-6-2-3-7-8(4-6)16-12(19)11(18)15-7/h2-4,9H,5,13H2,1H3,(H,14,17)(H,15,18)(H,16,19). The van der Waals surface area contributed by atoms with Gasteiger partial charge in [0, 0.05) is 19.3 Å². The van der Waals surface area contributed by atoms with Gasteiger partial charge in [-0.2, -0.15) is 0 Å². The molecule has 5 N–H and O–H groups in total. The normalized spacial score (nSPS) is 12.3. The molecule has 0 spiro atoms. The fraction of sp³-hybridized carbons (Fsp3) is 0.250. The Morgan fingerprint density at radius 2 is 1.95 bits per heavy atom. The van der Waals surface area contributed by atoms with Crippen LogP contribution in [0.2, 0.25) is 0 Å². The highest BCUT2D eigenvalue weighted by atomic mass is 16.5. The van der Waals surface area contributed by atoms with E-state index in [4.69, 9.17) is 10.5 Å². The average molecular weight is 278 g/mol. The highest BCUT2D eigenvalue weighted by molar-refractivity contribution is 5.95. The molecule has 1 atom stereocenters. The van der Waals surface area contributed by atoms with E-state index in [1.165, 1.54) is 13.2 Å². The lowest BCUT2D eigenvalue weighted by Crippen LogP contribution is -2.35. The van der Waals surface area contributed by atoms with Gasteiger partial charge in [0.05, 0.1) is 11.0 Å². The monoisotopic (exact) mass is 278 g/mol. The summed E-state index contributed by atoms with van der Waals surface area (Å²) in [4.78, 5) is 39.0. The number of amides is 1. The highest BCUT2D eigenvalue weighted by Gasteiger charge is 2.15. The number of benzene rings is 1. The summed E-state index contributed by atoms with van der Waals surface area (Å²) in [6.07, 6.45) is -0.750. The summed E-state index contributed by atoms with van der Waals surface area (Å²) < 4.78 is 4.91. The molecule has 2 rings (SSSR count). The molecule has 1 aromatic carbocycles. The number of aromatic amines is 2. The van der Waals surface area contributed by atoms with E-state index >= 15 is 0 Å². The Morgan fingerprint density at radius 1 is 1.30 bits per heavy atom. The molecule has 1 aromatic heterocycles. The van der Waals surface area contributed by atoms with Gasteiger partial charge in [-0.15, -0.1) is 0 Å². The van der Waals surface area contributed by atoms with Crippen LogP contribution in [0.15, 0.2) is 27.8 Å². The molecule has 0 aliphatic carbocycles. The maximum atomic E-state index is 11.8. The summed E-state index contributed by atoms with van der Waals surface area (Å²) in [5.74, 6) is -0.388. The molecule has 0 bridgehead atoms. The van der Waals surface area contributed by atoms with Crippen LogP contribution in [0.5, 0.6) is 0 Å². The topological polar surface area (TPSA) is 130 Å². The predicted octanol–water partition coefficient (Wildman–Crippen LogP) is -0.871. The van der Waals surface area contributed by atoms with Gasteiger partial charge in [0.25, 0.3) is 5.91 Å². The Labute approximate surface area is 112 Å². The number of nitrogens with two attached hydrogens (primary N) is 1. The molecule has 0 radical (unpaired) electrons. The number of rotatable bonds is 4. The summed E-state index contributed by atoms with van der Waals surface area (Å²) in [7, 11) is 1.39. The summed E-state index contributed by atoms with van der Waals surface area (Å²) in [5, 5.41) is 2.61. The van der Waals surface area contributed by atoms with E-state index in [1.54, 1.807) is 12.1 Å². The lowest BCUT2D eigenvalue weighted by Gasteiger charge is -2.13. The van der Waals surface area contributed by atoms with E-state index in [0.29, 0.717) is 16.7 Å². The smallest absolute Gasteiger partial charge is 0.314 e. The molecule has 1 heterocycles. The van der Waals surface area contributed by atoms with Gasteiger partial charge < -0.3 is 25.8 Å². The van der Waals surface area contributed by atoms with E-state index < -0.39 is 17.2 Å². The third kappa shape index (κ3) is 2.76. The number of ether oxygens (including phenoxy) is 1. The Morgan fingerprint density at radius 3 is 2.55 bits per heavy atom. The number of hydrogen-bond donors (Lipinski definition) is 4. The molecule has 0 fully saturated rings. The molecule has 20 heavy (non-hydrogen) atoms. The zero-order valence-electron chi connectivity index (χ0n) is 10.7. The van der Waals surface area contributed by atoms with Crippen LogP contribution in [0.1, 0.15) is 0 Å². The SMILES string of the molecule is COC(CN)C(=O)Nc1ccc2[nH]c(=O)c(=O)[nH]c2c1. The number of carbonyl (C=O) groups excluding carboxylic acids is 1. The molecule has 0 aliphatic heterocycles. The van der Waals surface area contributed by atoms with Crippen molar-refractivity contribution in [1.29, 1.82) is 0 Å². The first-order valence-electron chi connectivity index (χ1n) is 5.85. The van der Waals surface area contributed by atoms with Crippen molar-refractivity contribution in [2.75, 3.05) is 19.0 Å². The van der Waals surface area contributed by atoms with Crippen molar-refractivity contribution in [1.82, 2.24) is 9.97 Å². The van der Waals surface area contributed by atoms with Crippen LogP contribution in [0.3, 0.4) is 0 Å². The molecular weight excluding hydrogens is 264 g/mol. The van der Waals surface area contributed by atoms with Crippen LogP contribution in [0.4, 0.5) is 5.69 Å². The quantitative estimate of drug-likeness (QED) is 0.540. The number of aromatic nitrogens is 2. The molecule has 0 aliphatic rings. The van der Waals surface area contributed by atoms with Gasteiger partial charge in [0.15, 0.2) is 0 Å². The Bertz CT molecular complexity index is 745. The van der Waals surface area contributed by atoms with Crippen LogP contribution < -0.4 is 22.2 Å². The van der Waals surface area contributed by atoms with Gasteiger partial charge >= 0.3 is 11.1 Å². The van der Waals surface area contributed by atoms with Crippen LogP contribution in [-0.4, -0.2) is 35.6 Å². The number of nitrogens with one attached hydrogen (secondary N) is 3. The van der Waals surface area contributed by atoms with Crippen LogP contribution in [0, 0.1) is 0 Å². The fourth-order valence-corrected chi connectivity index (χ4v) is 1.73. The number of carbonyl (C=O) groups is 1. The Balaban J connectivity index is 2.32. The second-order valence-electron chi connectivity index (χ2n) is 4.12. The Kier molecular flexibility index (Phi) is 3.97. The second-order valence-corrected chi connectivity index (χ2v) is 4.12. The maximum absolute atomic E-state index is 11.8. The van der Waals surface area contributed by atoms with E-state index in [1.807, 2.05) is 0 Å². The minimum absolute atomic E-state index is 0.0556. The van der Waals surface area contributed by atoms with Crippen molar-refractivity contribution in [3.05, 3.63) is 38.9 Å². The van der Waals surface area contributed by atoms with Crippen molar-refractivity contribution in [2.45, 2.75) is 6.10 Å². The van der Waals surface area contributed by atoms with Gasteiger partial charge in [0.2, 0.25) is 0 Å². The first-order valence-corrected chi connectivity index (χ1v) is 5.85. The minimum Gasteiger partial charge on any atom is -0.370 e. The molecular formula is C12H14N4O4. The summed E-state index contributed by atoms with van der Waals surface area (Å²) in [5.41, 5.74) is 5.25. The molecule has 0 saturated carbocycles. The number of H-pyrrole nitrogens is 2. The molecule has 0 saturated heterocycles. The Hall–Kier alpha value is -2.45. The fourth-order valence-electron chi connectivity index (χ4n) is 1.73. The molecule has 2 aromatic rings. The second kappa shape index (κ2) is 5.68. The lowest BCUT2D eigenvalue weighted by molar-refractivity contribution is -0.125. The van der Waals surface area contributed by atoms with Gasteiger partial charge in [0.1, 0.15) is 6.10 Å². The number of hydrogen-bond acceptors (Lipinski definition) is 5. The van der Waals surface area contributed by atoms with Crippen molar-refractivity contribution in [3.8, 4) is 0 Å². The molecule has 8 heteroatoms. The molecule has 8 nitrogen and oxygen atoms in total. The largest absolute Gasteiger partial charge is 0.370 e. The van der Waals surface area contributed by atoms with Crippen LogP contribution >= 0.6 is 0 Å². The number of methoxy groups -OCH3 is 1. The van der Waals surface area contributed by atoms with Crippen molar-refractivity contribution in [3.63, 3.8) is 0 Å². The van der Waals surface area contributed by atoms with Gasteiger partial charge in [-0.05, 0) is 18.2 Å². The number of fused-ring (bicyclic) bond motifs is 1. The third-order valence-corrected chi connectivity index (χ3v) is 2.78. The highest BCUT2D eigenvalue weighted by Crippen LogP contribution is 2.14. The first-order chi connectivity index (χ1) is 9.55. The molecule has 1 amide bonds. The predicted molar refractivity (Wildman–Crippen MR) is 73.7 cm³/mol. The van der Waals surface area contributed by atoms with E-state index in [0.717, 1.165) is 0 Å². The zero-order valence-corrected chi connectivity index (χ0v) is 10.7. The van der Waals surface area contributed by atoms with Crippen molar-refractivity contribution in [2.24, 2.45) is 5.73 Å². The van der Waals surface area contributed by atoms with E-state index in [-0.39, 0.29) is 12.5 Å². The van der Waals surface area contributed by atoms with Gasteiger partial charge in [-0.1, -0.05) is 0 Å². The van der Waals surface area contributed by atoms with Crippen LogP contribution in [-0.2, 0) is 9.53 Å². The molecule has 106 valence electrons. The first kappa shape index (κ1) is 14.0. The summed E-state index contributed by atoms with van der Waals surface area (Å²) in [6.45, 7) is 0.0556. The van der Waals surface area contributed by atoms with Gasteiger partial charge in [-0.3, -0.25) is 14.4 Å². The van der Waals surface area contributed by atoms with Crippen molar-refractivity contribution < 1.29 is 9.53 Å². The summed E-state index contributed by atoms with van der Waals surface area (Å²) >= 11 is 0. The van der Waals surface area contributed by atoms with E-state index in [2.05, 4.69) is 15.3 Å². The third-order valence-electron chi connectivity index (χ3n) is 2.78. The number of anilines is 1. The minimum atomic E-state index is -0.752. The summed E-state index contributed by atoms with van der Waals surface area (Å²) in [6, 6.07) is 4.71. The maximum Gasteiger partial charge on any atom is 0.314 e. The molecule has 1 unspecified atom stereocenters.